The number of hydrogen-bond donors (Lipinski definition) is 1. The number of piperidine rings is 1. The van der Waals surface area contributed by atoms with Crippen molar-refractivity contribution in [2.45, 2.75) is 40.2 Å². The molecule has 5 heteroatoms. The second kappa shape index (κ2) is 5.23. The predicted octanol–water partition coefficient (Wildman–Crippen LogP) is 2.65. The predicted molar refractivity (Wildman–Crippen MR) is 81.0 cm³/mol. The molecule has 1 aliphatic heterocycles. The number of nitrogens with zero attached hydrogens (tertiary/aromatic N) is 2. The van der Waals surface area contributed by atoms with Crippen molar-refractivity contribution in [3.63, 3.8) is 0 Å². The van der Waals surface area contributed by atoms with Gasteiger partial charge in [-0.25, -0.2) is 4.98 Å². The van der Waals surface area contributed by atoms with E-state index in [1.807, 2.05) is 11.3 Å². The standard InChI is InChI=1S/C13H21N3S2/c1-9-10(2)18-11(15-9)8-16-6-4-13(3,5-7-16)12(14)17/h4-8H2,1-3H3,(H2,14,17). The zero-order valence-electron chi connectivity index (χ0n) is 11.3. The molecule has 2 rings (SSSR count). The number of nitrogens with two attached hydrogens (primary N) is 1. The van der Waals surface area contributed by atoms with Gasteiger partial charge in [-0.15, -0.1) is 11.3 Å². The van der Waals surface area contributed by atoms with E-state index >= 15 is 0 Å². The van der Waals surface area contributed by atoms with Crippen molar-refractivity contribution in [1.29, 1.82) is 0 Å². The third-order valence-electron chi connectivity index (χ3n) is 3.99. The molecule has 0 radical (unpaired) electrons. The summed E-state index contributed by atoms with van der Waals surface area (Å²) in [6.07, 6.45) is 2.12. The van der Waals surface area contributed by atoms with Crippen LogP contribution in [0.1, 0.15) is 35.3 Å². The lowest BCUT2D eigenvalue weighted by Crippen LogP contribution is -2.44. The SMILES string of the molecule is Cc1nc(CN2CCC(C)(C(N)=S)CC2)sc1C. The van der Waals surface area contributed by atoms with Gasteiger partial charge in [-0.2, -0.15) is 0 Å². The summed E-state index contributed by atoms with van der Waals surface area (Å²) in [5, 5.41) is 1.23. The molecule has 1 aliphatic rings. The van der Waals surface area contributed by atoms with Gasteiger partial charge in [0.1, 0.15) is 5.01 Å². The van der Waals surface area contributed by atoms with Crippen molar-refractivity contribution in [1.82, 2.24) is 9.88 Å². The zero-order valence-corrected chi connectivity index (χ0v) is 13.0. The van der Waals surface area contributed by atoms with E-state index in [1.165, 1.54) is 15.6 Å². The number of aromatic nitrogens is 1. The van der Waals surface area contributed by atoms with Gasteiger partial charge < -0.3 is 5.73 Å². The first-order valence-corrected chi connectivity index (χ1v) is 7.58. The Balaban J connectivity index is 1.93. The molecule has 0 amide bonds. The van der Waals surface area contributed by atoms with Gasteiger partial charge in [-0.05, 0) is 39.8 Å². The highest BCUT2D eigenvalue weighted by molar-refractivity contribution is 7.80. The van der Waals surface area contributed by atoms with E-state index in [4.69, 9.17) is 18.0 Å². The smallest absolute Gasteiger partial charge is 0.107 e. The fourth-order valence-electron chi connectivity index (χ4n) is 2.25. The Morgan fingerprint density at radius 2 is 2.06 bits per heavy atom. The van der Waals surface area contributed by atoms with E-state index in [0.717, 1.165) is 32.5 Å². The van der Waals surface area contributed by atoms with Gasteiger partial charge in [0.05, 0.1) is 17.2 Å². The molecule has 2 heterocycles. The van der Waals surface area contributed by atoms with Crippen LogP contribution in [0.4, 0.5) is 0 Å². The Morgan fingerprint density at radius 3 is 2.50 bits per heavy atom. The molecule has 1 aromatic heterocycles. The highest BCUT2D eigenvalue weighted by Crippen LogP contribution is 2.32. The minimum absolute atomic E-state index is 0.0561. The fourth-order valence-corrected chi connectivity index (χ4v) is 3.43. The van der Waals surface area contributed by atoms with Gasteiger partial charge in [0.15, 0.2) is 0 Å². The Hall–Kier alpha value is -0.520. The van der Waals surface area contributed by atoms with Crippen LogP contribution in [0.2, 0.25) is 0 Å². The van der Waals surface area contributed by atoms with E-state index in [2.05, 4.69) is 30.7 Å². The molecule has 2 N–H and O–H groups in total. The molecular weight excluding hydrogens is 262 g/mol. The summed E-state index contributed by atoms with van der Waals surface area (Å²) in [4.78, 5) is 9.06. The van der Waals surface area contributed by atoms with Gasteiger partial charge >= 0.3 is 0 Å². The number of thiocarbonyl (C=S) groups is 1. The molecule has 100 valence electrons. The number of thiazole rings is 1. The maximum atomic E-state index is 5.83. The Morgan fingerprint density at radius 1 is 1.44 bits per heavy atom. The van der Waals surface area contributed by atoms with Crippen LogP contribution in [0, 0.1) is 19.3 Å². The third-order valence-corrected chi connectivity index (χ3v) is 5.54. The van der Waals surface area contributed by atoms with E-state index in [-0.39, 0.29) is 5.41 Å². The Bertz CT molecular complexity index is 426. The van der Waals surface area contributed by atoms with Crippen LogP contribution in [0.25, 0.3) is 0 Å². The van der Waals surface area contributed by atoms with Crippen molar-refractivity contribution in [2.24, 2.45) is 11.1 Å². The summed E-state index contributed by atoms with van der Waals surface area (Å²) in [5.74, 6) is 0. The van der Waals surface area contributed by atoms with Crippen molar-refractivity contribution in [3.05, 3.63) is 15.6 Å². The number of likely N-dealkylation sites (tertiary alicyclic amines) is 1. The Kier molecular flexibility index (Phi) is 4.04. The number of rotatable bonds is 3. The summed E-state index contributed by atoms with van der Waals surface area (Å²) < 4.78 is 0. The van der Waals surface area contributed by atoms with E-state index in [0.29, 0.717) is 4.99 Å². The maximum Gasteiger partial charge on any atom is 0.107 e. The largest absolute Gasteiger partial charge is 0.393 e. The van der Waals surface area contributed by atoms with Crippen LogP contribution in [-0.4, -0.2) is 28.0 Å². The quantitative estimate of drug-likeness (QED) is 0.866. The van der Waals surface area contributed by atoms with Gasteiger partial charge in [0, 0.05) is 10.3 Å². The van der Waals surface area contributed by atoms with Crippen LogP contribution in [-0.2, 0) is 6.54 Å². The van der Waals surface area contributed by atoms with Gasteiger partial charge in [0.25, 0.3) is 0 Å². The lowest BCUT2D eigenvalue weighted by molar-refractivity contribution is 0.158. The van der Waals surface area contributed by atoms with Crippen LogP contribution in [0.5, 0.6) is 0 Å². The van der Waals surface area contributed by atoms with Gasteiger partial charge in [-0.3, -0.25) is 4.90 Å². The topological polar surface area (TPSA) is 42.2 Å². The van der Waals surface area contributed by atoms with Crippen molar-refractivity contribution >= 4 is 28.5 Å². The summed E-state index contributed by atoms with van der Waals surface area (Å²) in [6, 6.07) is 0. The average Bonchev–Trinajstić information content (AvgIpc) is 2.61. The van der Waals surface area contributed by atoms with E-state index < -0.39 is 0 Å². The van der Waals surface area contributed by atoms with Crippen LogP contribution in [0.3, 0.4) is 0 Å². The van der Waals surface area contributed by atoms with Crippen LogP contribution >= 0.6 is 23.6 Å². The van der Waals surface area contributed by atoms with Crippen molar-refractivity contribution in [2.75, 3.05) is 13.1 Å². The first-order chi connectivity index (χ1) is 8.40. The molecule has 18 heavy (non-hydrogen) atoms. The molecule has 0 aromatic carbocycles. The van der Waals surface area contributed by atoms with Crippen LogP contribution in [0.15, 0.2) is 0 Å². The lowest BCUT2D eigenvalue weighted by Gasteiger charge is -2.38. The summed E-state index contributed by atoms with van der Waals surface area (Å²) in [6.45, 7) is 9.49. The van der Waals surface area contributed by atoms with Gasteiger partial charge in [0.2, 0.25) is 0 Å². The first-order valence-electron chi connectivity index (χ1n) is 6.36. The molecule has 0 atom stereocenters. The second-order valence-corrected chi connectivity index (χ2v) is 7.18. The first kappa shape index (κ1) is 13.9. The molecule has 1 aromatic rings. The summed E-state index contributed by atoms with van der Waals surface area (Å²) in [5.41, 5.74) is 7.05. The van der Waals surface area contributed by atoms with Crippen molar-refractivity contribution in [3.8, 4) is 0 Å². The summed E-state index contributed by atoms with van der Waals surface area (Å²) in [7, 11) is 0. The molecule has 0 bridgehead atoms. The summed E-state index contributed by atoms with van der Waals surface area (Å²) >= 11 is 6.98. The van der Waals surface area contributed by atoms with Crippen molar-refractivity contribution < 1.29 is 0 Å². The Labute approximate surface area is 118 Å². The monoisotopic (exact) mass is 283 g/mol. The van der Waals surface area contributed by atoms with E-state index in [9.17, 15) is 0 Å². The molecule has 1 fully saturated rings. The molecular formula is C13H21N3S2. The molecule has 0 aliphatic carbocycles. The molecule has 0 spiro atoms. The lowest BCUT2D eigenvalue weighted by atomic mass is 9.80. The molecule has 3 nitrogen and oxygen atoms in total. The van der Waals surface area contributed by atoms with Gasteiger partial charge in [-0.1, -0.05) is 19.1 Å². The highest BCUT2D eigenvalue weighted by atomic mass is 32.1. The average molecular weight is 283 g/mol. The number of aryl methyl sites for hydroxylation is 2. The molecule has 1 saturated heterocycles. The van der Waals surface area contributed by atoms with Crippen LogP contribution < -0.4 is 5.73 Å². The zero-order chi connectivity index (χ0) is 13.3. The third kappa shape index (κ3) is 2.90. The minimum atomic E-state index is 0.0561. The maximum absolute atomic E-state index is 5.83. The number of hydrogen-bond acceptors (Lipinski definition) is 4. The van der Waals surface area contributed by atoms with E-state index in [1.54, 1.807) is 0 Å². The minimum Gasteiger partial charge on any atom is -0.393 e. The molecule has 0 saturated carbocycles. The second-order valence-electron chi connectivity index (χ2n) is 5.45. The highest BCUT2D eigenvalue weighted by Gasteiger charge is 2.32. The normalized spacial score (nSPS) is 19.9. The molecule has 0 unspecified atom stereocenters. The fraction of sp³-hybridized carbons (Fsp3) is 0.692.